The molecule has 2 fully saturated rings. The number of nitrogens with two attached hydrogens (primary N) is 1. The van der Waals surface area contributed by atoms with Crippen LogP contribution in [0.2, 0.25) is 0 Å². The van der Waals surface area contributed by atoms with Crippen molar-refractivity contribution in [2.24, 2.45) is 11.7 Å². The average Bonchev–Trinajstić information content (AvgIpc) is 3.11. The third-order valence-electron chi connectivity index (χ3n) is 3.77. The van der Waals surface area contributed by atoms with Crippen LogP contribution in [-0.2, 0) is 14.4 Å². The van der Waals surface area contributed by atoms with Crippen LogP contribution in [0.25, 0.3) is 0 Å². The minimum absolute atomic E-state index is 0.0819. The van der Waals surface area contributed by atoms with Crippen LogP contribution >= 0.6 is 0 Å². The first-order chi connectivity index (χ1) is 8.51. The number of likely N-dealkylation sites (N-methyl/N-ethyl adjacent to an activating group) is 1. The van der Waals surface area contributed by atoms with Crippen molar-refractivity contribution in [3.05, 3.63) is 0 Å². The maximum atomic E-state index is 11.8. The van der Waals surface area contributed by atoms with Gasteiger partial charge < -0.3 is 11.1 Å². The van der Waals surface area contributed by atoms with Crippen LogP contribution in [-0.4, -0.2) is 41.2 Å². The van der Waals surface area contributed by atoms with E-state index in [1.54, 1.807) is 0 Å². The number of nitrogens with zero attached hydrogens (tertiary/aromatic N) is 1. The zero-order chi connectivity index (χ0) is 13.3. The molecule has 0 aromatic heterocycles. The standard InChI is InChI=1S/C12H19N3O3/c1-2-14-12(11(13)18,8-3-4-8)7-15-9(16)5-6-10(15)17/h8,14H,2-7H2,1H3,(H2,13,18). The third-order valence-corrected chi connectivity index (χ3v) is 3.77. The second kappa shape index (κ2) is 4.68. The maximum absolute atomic E-state index is 11.8. The molecule has 1 heterocycles. The molecular formula is C12H19N3O3. The highest BCUT2D eigenvalue weighted by molar-refractivity contribution is 6.02. The summed E-state index contributed by atoms with van der Waals surface area (Å²) in [5.41, 5.74) is 4.58. The number of rotatable bonds is 6. The summed E-state index contributed by atoms with van der Waals surface area (Å²) in [5.74, 6) is -0.746. The second-order valence-electron chi connectivity index (χ2n) is 5.01. The summed E-state index contributed by atoms with van der Waals surface area (Å²) in [4.78, 5) is 36.3. The lowest BCUT2D eigenvalue weighted by Crippen LogP contribution is -2.63. The van der Waals surface area contributed by atoms with Gasteiger partial charge in [0.15, 0.2) is 0 Å². The van der Waals surface area contributed by atoms with E-state index in [-0.39, 0.29) is 37.1 Å². The van der Waals surface area contributed by atoms with Gasteiger partial charge in [-0.05, 0) is 25.3 Å². The molecule has 2 aliphatic rings. The van der Waals surface area contributed by atoms with Crippen molar-refractivity contribution in [3.63, 3.8) is 0 Å². The van der Waals surface area contributed by atoms with Gasteiger partial charge in [-0.25, -0.2) is 0 Å². The van der Waals surface area contributed by atoms with Crippen molar-refractivity contribution in [1.29, 1.82) is 0 Å². The van der Waals surface area contributed by atoms with E-state index in [4.69, 9.17) is 5.73 Å². The minimum Gasteiger partial charge on any atom is -0.368 e. The van der Waals surface area contributed by atoms with E-state index in [9.17, 15) is 14.4 Å². The first kappa shape index (κ1) is 13.0. The Morgan fingerprint density at radius 2 is 1.94 bits per heavy atom. The molecule has 6 nitrogen and oxygen atoms in total. The van der Waals surface area contributed by atoms with Crippen LogP contribution in [0.5, 0.6) is 0 Å². The number of nitrogens with one attached hydrogen (secondary N) is 1. The summed E-state index contributed by atoms with van der Waals surface area (Å²) in [6.45, 7) is 2.54. The highest BCUT2D eigenvalue weighted by Crippen LogP contribution is 2.40. The highest BCUT2D eigenvalue weighted by Gasteiger charge is 2.52. The fourth-order valence-corrected chi connectivity index (χ4v) is 2.64. The van der Waals surface area contributed by atoms with E-state index < -0.39 is 11.4 Å². The molecule has 1 saturated heterocycles. The predicted octanol–water partition coefficient (Wildman–Crippen LogP) is -0.621. The quantitative estimate of drug-likeness (QED) is 0.617. The lowest BCUT2D eigenvalue weighted by atomic mass is 9.91. The molecule has 0 spiro atoms. The van der Waals surface area contributed by atoms with Gasteiger partial charge >= 0.3 is 0 Å². The van der Waals surface area contributed by atoms with E-state index in [1.165, 1.54) is 4.90 Å². The molecule has 0 radical (unpaired) electrons. The van der Waals surface area contributed by atoms with Gasteiger partial charge in [0.05, 0.1) is 6.54 Å². The molecule has 100 valence electrons. The Morgan fingerprint density at radius 3 is 2.33 bits per heavy atom. The Hall–Kier alpha value is -1.43. The molecule has 1 unspecified atom stereocenters. The number of hydrogen-bond acceptors (Lipinski definition) is 4. The van der Waals surface area contributed by atoms with E-state index in [1.807, 2.05) is 6.92 Å². The molecule has 2 rings (SSSR count). The van der Waals surface area contributed by atoms with Crippen molar-refractivity contribution < 1.29 is 14.4 Å². The summed E-state index contributed by atoms with van der Waals surface area (Å²) in [6, 6.07) is 0. The first-order valence-electron chi connectivity index (χ1n) is 6.39. The Morgan fingerprint density at radius 1 is 1.39 bits per heavy atom. The molecule has 1 aliphatic heterocycles. The van der Waals surface area contributed by atoms with E-state index >= 15 is 0 Å². The molecule has 1 aliphatic carbocycles. The third kappa shape index (κ3) is 2.12. The molecule has 0 aromatic carbocycles. The molecule has 3 amide bonds. The molecule has 1 saturated carbocycles. The SMILES string of the molecule is CCNC(CN1C(=O)CCC1=O)(C(N)=O)C1CC1. The summed E-state index contributed by atoms with van der Waals surface area (Å²) in [6.07, 6.45) is 2.30. The van der Waals surface area contributed by atoms with Crippen molar-refractivity contribution >= 4 is 17.7 Å². The summed E-state index contributed by atoms with van der Waals surface area (Å²) < 4.78 is 0. The number of amides is 3. The lowest BCUT2D eigenvalue weighted by molar-refractivity contribution is -0.141. The van der Waals surface area contributed by atoms with Crippen LogP contribution in [0.3, 0.4) is 0 Å². The van der Waals surface area contributed by atoms with Crippen molar-refractivity contribution in [2.75, 3.05) is 13.1 Å². The maximum Gasteiger partial charge on any atom is 0.239 e. The average molecular weight is 253 g/mol. The smallest absolute Gasteiger partial charge is 0.239 e. The Kier molecular flexibility index (Phi) is 3.38. The highest BCUT2D eigenvalue weighted by atomic mass is 16.2. The van der Waals surface area contributed by atoms with Crippen molar-refractivity contribution in [3.8, 4) is 0 Å². The molecule has 1 atom stereocenters. The van der Waals surface area contributed by atoms with Crippen LogP contribution < -0.4 is 11.1 Å². The Bertz CT molecular complexity index is 376. The number of primary amides is 1. The van der Waals surface area contributed by atoms with Crippen LogP contribution in [0, 0.1) is 5.92 Å². The zero-order valence-electron chi connectivity index (χ0n) is 10.6. The monoisotopic (exact) mass is 253 g/mol. The van der Waals surface area contributed by atoms with Crippen LogP contribution in [0.15, 0.2) is 0 Å². The van der Waals surface area contributed by atoms with E-state index in [0.29, 0.717) is 6.54 Å². The molecular weight excluding hydrogens is 234 g/mol. The molecule has 3 N–H and O–H groups in total. The summed E-state index contributed by atoms with van der Waals surface area (Å²) in [5, 5.41) is 3.10. The van der Waals surface area contributed by atoms with Crippen LogP contribution in [0.1, 0.15) is 32.6 Å². The van der Waals surface area contributed by atoms with Gasteiger partial charge in [-0.15, -0.1) is 0 Å². The number of imide groups is 1. The molecule has 0 aromatic rings. The molecule has 0 bridgehead atoms. The van der Waals surface area contributed by atoms with Gasteiger partial charge in [0.2, 0.25) is 17.7 Å². The van der Waals surface area contributed by atoms with E-state index in [0.717, 1.165) is 12.8 Å². The fraction of sp³-hybridized carbons (Fsp3) is 0.750. The van der Waals surface area contributed by atoms with Gasteiger partial charge in [0.25, 0.3) is 0 Å². The normalized spacial score (nSPS) is 23.3. The summed E-state index contributed by atoms with van der Waals surface area (Å²) in [7, 11) is 0. The van der Waals surface area contributed by atoms with E-state index in [2.05, 4.69) is 5.32 Å². The van der Waals surface area contributed by atoms with Gasteiger partial charge in [-0.2, -0.15) is 0 Å². The summed E-state index contributed by atoms with van der Waals surface area (Å²) >= 11 is 0. The zero-order valence-corrected chi connectivity index (χ0v) is 10.6. The topological polar surface area (TPSA) is 92.5 Å². The second-order valence-corrected chi connectivity index (χ2v) is 5.01. The molecule has 6 heteroatoms. The predicted molar refractivity (Wildman–Crippen MR) is 64.3 cm³/mol. The first-order valence-corrected chi connectivity index (χ1v) is 6.39. The lowest BCUT2D eigenvalue weighted by Gasteiger charge is -2.34. The molecule has 18 heavy (non-hydrogen) atoms. The van der Waals surface area contributed by atoms with Gasteiger partial charge in [-0.1, -0.05) is 6.92 Å². The van der Waals surface area contributed by atoms with Crippen molar-refractivity contribution in [1.82, 2.24) is 10.2 Å². The number of likely N-dealkylation sites (tertiary alicyclic amines) is 1. The minimum atomic E-state index is -0.940. The number of carbonyl (C=O) groups excluding carboxylic acids is 3. The van der Waals surface area contributed by atoms with Crippen molar-refractivity contribution in [2.45, 2.75) is 38.1 Å². The Labute approximate surface area is 106 Å². The van der Waals surface area contributed by atoms with Gasteiger partial charge in [-0.3, -0.25) is 19.3 Å². The largest absolute Gasteiger partial charge is 0.368 e. The van der Waals surface area contributed by atoms with Crippen LogP contribution in [0.4, 0.5) is 0 Å². The Balaban J connectivity index is 2.21. The van der Waals surface area contributed by atoms with Gasteiger partial charge in [0.1, 0.15) is 5.54 Å². The fourth-order valence-electron chi connectivity index (χ4n) is 2.64. The number of hydrogen-bond donors (Lipinski definition) is 2. The number of carbonyl (C=O) groups is 3. The van der Waals surface area contributed by atoms with Gasteiger partial charge in [0, 0.05) is 12.8 Å².